The highest BCUT2D eigenvalue weighted by Gasteiger charge is 2.64. The first kappa shape index (κ1) is 19.5. The lowest BCUT2D eigenvalue weighted by atomic mass is 9.85. The van der Waals surface area contributed by atoms with Gasteiger partial charge in [0.1, 0.15) is 5.60 Å². The molecule has 1 atom stereocenters. The first-order valence-corrected chi connectivity index (χ1v) is 7.01. The predicted octanol–water partition coefficient (Wildman–Crippen LogP) is 1.22. The molecule has 0 saturated carbocycles. The van der Waals surface area contributed by atoms with Crippen LogP contribution < -0.4 is 5.48 Å². The molecule has 0 aromatic heterocycles. The number of hydroxylamine groups is 1. The van der Waals surface area contributed by atoms with E-state index in [1.54, 1.807) is 26.3 Å². The Hall–Kier alpha value is -1.55. The molecule has 10 heteroatoms. The van der Waals surface area contributed by atoms with Crippen LogP contribution in [0, 0.1) is 5.41 Å². The highest BCUT2D eigenvalue weighted by Crippen LogP contribution is 2.46. The summed E-state index contributed by atoms with van der Waals surface area (Å²) in [6.07, 6.45) is -6.37. The van der Waals surface area contributed by atoms with Crippen molar-refractivity contribution in [2.45, 2.75) is 39.0 Å². The zero-order chi connectivity index (χ0) is 17.9. The Balaban J connectivity index is 2.86. The van der Waals surface area contributed by atoms with Crippen LogP contribution in [-0.4, -0.2) is 60.1 Å². The van der Waals surface area contributed by atoms with Gasteiger partial charge in [-0.05, 0) is 27.2 Å². The quantitative estimate of drug-likeness (QED) is 0.592. The second kappa shape index (κ2) is 6.91. The Labute approximate surface area is 131 Å². The number of aliphatic hydroxyl groups is 1. The van der Waals surface area contributed by atoms with Crippen molar-refractivity contribution >= 4 is 12.0 Å². The van der Waals surface area contributed by atoms with Crippen LogP contribution in [0.1, 0.15) is 27.2 Å². The van der Waals surface area contributed by atoms with Crippen LogP contribution in [0.25, 0.3) is 0 Å². The van der Waals surface area contributed by atoms with Crippen LogP contribution >= 0.6 is 0 Å². The smallest absolute Gasteiger partial charge is 0.410 e. The topological polar surface area (TPSA) is 88.1 Å². The molecule has 1 saturated heterocycles. The lowest BCUT2D eigenvalue weighted by Gasteiger charge is -2.30. The van der Waals surface area contributed by atoms with E-state index in [2.05, 4.69) is 4.84 Å². The average molecular weight is 342 g/mol. The van der Waals surface area contributed by atoms with Gasteiger partial charge in [0, 0.05) is 13.1 Å². The lowest BCUT2D eigenvalue weighted by Crippen LogP contribution is -2.53. The van der Waals surface area contributed by atoms with E-state index >= 15 is 0 Å². The molecule has 1 aliphatic heterocycles. The maximum atomic E-state index is 13.4. The molecule has 1 rings (SSSR count). The fraction of sp³-hybridized carbons (Fsp3) is 0.846. The van der Waals surface area contributed by atoms with Gasteiger partial charge in [0.25, 0.3) is 5.91 Å². The Morgan fingerprint density at radius 2 is 1.91 bits per heavy atom. The maximum absolute atomic E-state index is 13.4. The van der Waals surface area contributed by atoms with Gasteiger partial charge >= 0.3 is 12.3 Å². The summed E-state index contributed by atoms with van der Waals surface area (Å²) in [6.45, 7) is 2.87. The molecule has 1 aliphatic rings. The molecule has 0 unspecified atom stereocenters. The third-order valence-corrected chi connectivity index (χ3v) is 3.26. The van der Waals surface area contributed by atoms with Gasteiger partial charge in [-0.2, -0.15) is 13.2 Å². The molecular formula is C13H21F3N2O5. The van der Waals surface area contributed by atoms with E-state index < -0.39 is 48.8 Å². The molecule has 7 nitrogen and oxygen atoms in total. The number of aliphatic hydroxyl groups excluding tert-OH is 1. The van der Waals surface area contributed by atoms with E-state index in [0.717, 1.165) is 4.90 Å². The average Bonchev–Trinajstić information content (AvgIpc) is 2.82. The van der Waals surface area contributed by atoms with Crippen molar-refractivity contribution in [3.63, 3.8) is 0 Å². The van der Waals surface area contributed by atoms with Gasteiger partial charge in [0.05, 0.1) is 13.2 Å². The number of ether oxygens (including phenoxy) is 1. The molecular weight excluding hydrogens is 321 g/mol. The van der Waals surface area contributed by atoms with E-state index in [9.17, 15) is 22.8 Å². The van der Waals surface area contributed by atoms with Gasteiger partial charge in [-0.3, -0.25) is 9.63 Å². The van der Waals surface area contributed by atoms with Crippen LogP contribution in [0.15, 0.2) is 0 Å². The standard InChI is InChI=1S/C13H21F3N2O5/c1-11(2,3)23-10(21)18-5-4-12(8-18,13(14,15)16)9(20)17-22-7-6-19/h19H,4-8H2,1-3H3,(H,17,20)/t12-/m0/s1. The number of nitrogens with zero attached hydrogens (tertiary/aromatic N) is 1. The normalized spacial score (nSPS) is 22.1. The summed E-state index contributed by atoms with van der Waals surface area (Å²) in [7, 11) is 0. The Kier molecular flexibility index (Phi) is 5.86. The number of nitrogens with one attached hydrogen (secondary N) is 1. The number of hydrogen-bond donors (Lipinski definition) is 2. The molecule has 23 heavy (non-hydrogen) atoms. The lowest BCUT2D eigenvalue weighted by molar-refractivity contribution is -0.223. The van der Waals surface area contributed by atoms with E-state index in [-0.39, 0.29) is 13.2 Å². The fourth-order valence-corrected chi connectivity index (χ4v) is 2.10. The Morgan fingerprint density at radius 1 is 1.30 bits per heavy atom. The summed E-state index contributed by atoms with van der Waals surface area (Å²) in [5.74, 6) is -1.40. The van der Waals surface area contributed by atoms with Crippen molar-refractivity contribution < 1.29 is 37.4 Å². The minimum Gasteiger partial charge on any atom is -0.444 e. The number of rotatable bonds is 4. The van der Waals surface area contributed by atoms with Crippen molar-refractivity contribution in [1.82, 2.24) is 10.4 Å². The summed E-state index contributed by atoms with van der Waals surface area (Å²) in [6, 6.07) is 0. The number of alkyl halides is 3. The van der Waals surface area contributed by atoms with Crippen molar-refractivity contribution in [2.75, 3.05) is 26.3 Å². The molecule has 0 radical (unpaired) electrons. The molecule has 0 bridgehead atoms. The van der Waals surface area contributed by atoms with Crippen molar-refractivity contribution in [2.24, 2.45) is 5.41 Å². The van der Waals surface area contributed by atoms with E-state index in [1.165, 1.54) is 0 Å². The Bertz CT molecular complexity index is 450. The number of likely N-dealkylation sites (tertiary alicyclic amines) is 1. The van der Waals surface area contributed by atoms with Crippen LogP contribution in [0.2, 0.25) is 0 Å². The van der Waals surface area contributed by atoms with E-state index in [0.29, 0.717) is 0 Å². The van der Waals surface area contributed by atoms with Gasteiger partial charge in [0.2, 0.25) is 0 Å². The Morgan fingerprint density at radius 3 is 2.39 bits per heavy atom. The summed E-state index contributed by atoms with van der Waals surface area (Å²) in [5.41, 5.74) is -1.94. The first-order chi connectivity index (χ1) is 10.4. The number of carbonyl (C=O) groups is 2. The van der Waals surface area contributed by atoms with Crippen LogP contribution in [0.4, 0.5) is 18.0 Å². The van der Waals surface area contributed by atoms with Crippen molar-refractivity contribution in [1.29, 1.82) is 0 Å². The molecule has 0 aliphatic carbocycles. The number of carbonyl (C=O) groups excluding carboxylic acids is 2. The highest BCUT2D eigenvalue weighted by molar-refractivity contribution is 5.84. The molecule has 0 spiro atoms. The second-order valence-corrected chi connectivity index (χ2v) is 6.24. The number of hydrogen-bond acceptors (Lipinski definition) is 5. The fourth-order valence-electron chi connectivity index (χ4n) is 2.10. The molecule has 134 valence electrons. The van der Waals surface area contributed by atoms with Crippen molar-refractivity contribution in [3.05, 3.63) is 0 Å². The van der Waals surface area contributed by atoms with E-state index in [4.69, 9.17) is 9.84 Å². The number of amides is 2. The predicted molar refractivity (Wildman–Crippen MR) is 72.1 cm³/mol. The van der Waals surface area contributed by atoms with Crippen molar-refractivity contribution in [3.8, 4) is 0 Å². The van der Waals surface area contributed by atoms with Gasteiger partial charge in [-0.25, -0.2) is 10.3 Å². The van der Waals surface area contributed by atoms with Gasteiger partial charge in [-0.15, -0.1) is 0 Å². The summed E-state index contributed by atoms with van der Waals surface area (Å²) in [4.78, 5) is 29.1. The van der Waals surface area contributed by atoms with Crippen LogP contribution in [-0.2, 0) is 14.4 Å². The molecule has 0 aromatic rings. The largest absolute Gasteiger partial charge is 0.444 e. The molecule has 2 amide bonds. The van der Waals surface area contributed by atoms with Gasteiger partial charge in [0.15, 0.2) is 5.41 Å². The molecule has 2 N–H and O–H groups in total. The highest BCUT2D eigenvalue weighted by atomic mass is 19.4. The monoisotopic (exact) mass is 342 g/mol. The SMILES string of the molecule is CC(C)(C)OC(=O)N1CC[C@](C(=O)NOCCO)(C(F)(F)F)C1. The van der Waals surface area contributed by atoms with Crippen LogP contribution in [0.3, 0.4) is 0 Å². The third-order valence-electron chi connectivity index (χ3n) is 3.26. The van der Waals surface area contributed by atoms with Gasteiger partial charge < -0.3 is 14.7 Å². The number of halogens is 3. The zero-order valence-corrected chi connectivity index (χ0v) is 13.2. The molecule has 1 fully saturated rings. The maximum Gasteiger partial charge on any atom is 0.410 e. The minimum atomic E-state index is -4.86. The van der Waals surface area contributed by atoms with Crippen LogP contribution in [0.5, 0.6) is 0 Å². The first-order valence-electron chi connectivity index (χ1n) is 7.01. The third kappa shape index (κ3) is 4.71. The molecule has 0 aromatic carbocycles. The minimum absolute atomic E-state index is 0.262. The zero-order valence-electron chi connectivity index (χ0n) is 13.2. The summed E-state index contributed by atoms with van der Waals surface area (Å²) >= 11 is 0. The molecule has 1 heterocycles. The second-order valence-electron chi connectivity index (χ2n) is 6.24. The summed E-state index contributed by atoms with van der Waals surface area (Å²) in [5, 5.41) is 8.52. The summed E-state index contributed by atoms with van der Waals surface area (Å²) < 4.78 is 45.2. The van der Waals surface area contributed by atoms with E-state index in [1.807, 2.05) is 0 Å². The van der Waals surface area contributed by atoms with Gasteiger partial charge in [-0.1, -0.05) is 0 Å².